The molecular formula is C16H13N3O3S. The molecular weight excluding hydrogens is 314 g/mol. The standard InChI is InChI=1S/C16H13N3O3S/c23-16(18-15-11-3-1-2-4-12(11)22-19-15)17-8-10-5-6-13-14(7-10)21-9-20-13/h1-7H,8-9H2,(H2,17,18,19,23). The maximum absolute atomic E-state index is 5.36. The van der Waals surface area contributed by atoms with Crippen molar-refractivity contribution in [3.05, 3.63) is 48.0 Å². The second-order valence-electron chi connectivity index (χ2n) is 5.02. The fourth-order valence-electron chi connectivity index (χ4n) is 2.36. The zero-order valence-electron chi connectivity index (χ0n) is 12.0. The van der Waals surface area contributed by atoms with Crippen molar-refractivity contribution in [2.75, 3.05) is 12.1 Å². The molecule has 0 amide bonds. The zero-order chi connectivity index (χ0) is 15.6. The van der Waals surface area contributed by atoms with Crippen LogP contribution in [0.1, 0.15) is 5.56 Å². The quantitative estimate of drug-likeness (QED) is 0.717. The van der Waals surface area contributed by atoms with E-state index in [0.29, 0.717) is 23.1 Å². The summed E-state index contributed by atoms with van der Waals surface area (Å²) >= 11 is 5.30. The summed E-state index contributed by atoms with van der Waals surface area (Å²) in [6.07, 6.45) is 0. The van der Waals surface area contributed by atoms with E-state index in [1.165, 1.54) is 0 Å². The number of ether oxygens (including phenoxy) is 2. The molecule has 1 aromatic heterocycles. The van der Waals surface area contributed by atoms with Crippen molar-refractivity contribution in [1.82, 2.24) is 10.5 Å². The van der Waals surface area contributed by atoms with Crippen LogP contribution in [0.3, 0.4) is 0 Å². The highest BCUT2D eigenvalue weighted by molar-refractivity contribution is 7.80. The Labute approximate surface area is 137 Å². The Morgan fingerprint density at radius 1 is 1.13 bits per heavy atom. The molecule has 4 rings (SSSR count). The molecule has 0 radical (unpaired) electrons. The molecule has 6 nitrogen and oxygen atoms in total. The molecule has 3 aromatic rings. The number of anilines is 1. The highest BCUT2D eigenvalue weighted by Crippen LogP contribution is 2.32. The van der Waals surface area contributed by atoms with Gasteiger partial charge in [0, 0.05) is 6.54 Å². The molecule has 0 spiro atoms. The molecule has 0 saturated carbocycles. The lowest BCUT2D eigenvalue weighted by molar-refractivity contribution is 0.174. The Morgan fingerprint density at radius 3 is 2.96 bits per heavy atom. The topological polar surface area (TPSA) is 68.5 Å². The van der Waals surface area contributed by atoms with E-state index in [1.807, 2.05) is 42.5 Å². The monoisotopic (exact) mass is 327 g/mol. The summed E-state index contributed by atoms with van der Waals surface area (Å²) in [5.74, 6) is 2.12. The lowest BCUT2D eigenvalue weighted by Gasteiger charge is -2.09. The molecule has 0 bridgehead atoms. The van der Waals surface area contributed by atoms with Crippen LogP contribution < -0.4 is 20.1 Å². The second-order valence-corrected chi connectivity index (χ2v) is 5.43. The molecule has 116 valence electrons. The van der Waals surface area contributed by atoms with Crippen LogP contribution in [-0.4, -0.2) is 17.1 Å². The number of hydrogen-bond donors (Lipinski definition) is 2. The summed E-state index contributed by atoms with van der Waals surface area (Å²) in [5, 5.41) is 11.5. The molecule has 0 aliphatic carbocycles. The van der Waals surface area contributed by atoms with Crippen LogP contribution in [-0.2, 0) is 6.54 Å². The first-order valence-corrected chi connectivity index (χ1v) is 7.48. The van der Waals surface area contributed by atoms with E-state index in [-0.39, 0.29) is 6.79 Å². The van der Waals surface area contributed by atoms with Gasteiger partial charge in [0.15, 0.2) is 28.0 Å². The van der Waals surface area contributed by atoms with E-state index in [0.717, 1.165) is 22.4 Å². The fourth-order valence-corrected chi connectivity index (χ4v) is 2.53. The molecule has 0 fully saturated rings. The Morgan fingerprint density at radius 2 is 2.00 bits per heavy atom. The van der Waals surface area contributed by atoms with E-state index in [1.54, 1.807) is 0 Å². The zero-order valence-corrected chi connectivity index (χ0v) is 12.9. The van der Waals surface area contributed by atoms with Crippen LogP contribution in [0.15, 0.2) is 47.0 Å². The number of fused-ring (bicyclic) bond motifs is 2. The predicted molar refractivity (Wildman–Crippen MR) is 89.6 cm³/mol. The minimum atomic E-state index is 0.269. The normalized spacial score (nSPS) is 12.3. The fraction of sp³-hybridized carbons (Fsp3) is 0.125. The molecule has 7 heteroatoms. The van der Waals surface area contributed by atoms with Gasteiger partial charge in [-0.05, 0) is 42.0 Å². The molecule has 23 heavy (non-hydrogen) atoms. The van der Waals surface area contributed by atoms with Gasteiger partial charge in [-0.2, -0.15) is 0 Å². The number of nitrogens with zero attached hydrogens (tertiary/aromatic N) is 1. The molecule has 0 unspecified atom stereocenters. The number of benzene rings is 2. The summed E-state index contributed by atoms with van der Waals surface area (Å²) in [7, 11) is 0. The van der Waals surface area contributed by atoms with Gasteiger partial charge in [-0.25, -0.2) is 0 Å². The van der Waals surface area contributed by atoms with Gasteiger partial charge >= 0.3 is 0 Å². The third-order valence-electron chi connectivity index (χ3n) is 3.50. The highest BCUT2D eigenvalue weighted by Gasteiger charge is 2.13. The first-order valence-electron chi connectivity index (χ1n) is 7.07. The molecule has 2 aromatic carbocycles. The van der Waals surface area contributed by atoms with E-state index < -0.39 is 0 Å². The largest absolute Gasteiger partial charge is 0.454 e. The van der Waals surface area contributed by atoms with Crippen molar-refractivity contribution in [3.8, 4) is 11.5 Å². The number of para-hydroxylation sites is 1. The third-order valence-corrected chi connectivity index (χ3v) is 3.75. The van der Waals surface area contributed by atoms with Gasteiger partial charge in [0.1, 0.15) is 0 Å². The number of thiocarbonyl (C=S) groups is 1. The Hall–Kier alpha value is -2.80. The van der Waals surface area contributed by atoms with E-state index >= 15 is 0 Å². The van der Waals surface area contributed by atoms with E-state index in [4.69, 9.17) is 26.2 Å². The SMILES string of the molecule is S=C(NCc1ccc2c(c1)OCO2)Nc1noc2ccccc12. The molecule has 1 aliphatic rings. The maximum Gasteiger partial charge on any atom is 0.231 e. The molecule has 1 aliphatic heterocycles. The minimum absolute atomic E-state index is 0.269. The molecule has 2 heterocycles. The molecule has 0 atom stereocenters. The third kappa shape index (κ3) is 2.78. The van der Waals surface area contributed by atoms with Gasteiger partial charge in [0.2, 0.25) is 6.79 Å². The van der Waals surface area contributed by atoms with Crippen molar-refractivity contribution in [2.45, 2.75) is 6.54 Å². The highest BCUT2D eigenvalue weighted by atomic mass is 32.1. The first-order chi connectivity index (χ1) is 11.3. The van der Waals surface area contributed by atoms with Gasteiger partial charge in [-0.3, -0.25) is 0 Å². The summed E-state index contributed by atoms with van der Waals surface area (Å²) in [6.45, 7) is 0.837. The number of nitrogens with one attached hydrogen (secondary N) is 2. The number of hydrogen-bond acceptors (Lipinski definition) is 5. The van der Waals surface area contributed by atoms with Gasteiger partial charge in [0.25, 0.3) is 0 Å². The van der Waals surface area contributed by atoms with Crippen molar-refractivity contribution in [1.29, 1.82) is 0 Å². The van der Waals surface area contributed by atoms with Gasteiger partial charge in [-0.15, -0.1) is 0 Å². The Bertz CT molecular complexity index is 878. The second kappa shape index (κ2) is 5.77. The van der Waals surface area contributed by atoms with E-state index in [2.05, 4.69) is 15.8 Å². The van der Waals surface area contributed by atoms with Gasteiger partial charge in [-0.1, -0.05) is 23.4 Å². The van der Waals surface area contributed by atoms with Crippen molar-refractivity contribution in [3.63, 3.8) is 0 Å². The smallest absolute Gasteiger partial charge is 0.231 e. The summed E-state index contributed by atoms with van der Waals surface area (Å²) in [5.41, 5.74) is 1.76. The Kier molecular flexibility index (Phi) is 3.47. The molecule has 2 N–H and O–H groups in total. The number of aromatic nitrogens is 1. The molecule has 0 saturated heterocycles. The number of rotatable bonds is 3. The maximum atomic E-state index is 5.36. The summed E-state index contributed by atoms with van der Waals surface area (Å²) < 4.78 is 15.9. The van der Waals surface area contributed by atoms with Crippen LogP contribution in [0.2, 0.25) is 0 Å². The van der Waals surface area contributed by atoms with Gasteiger partial charge < -0.3 is 24.6 Å². The summed E-state index contributed by atoms with van der Waals surface area (Å²) in [4.78, 5) is 0. The van der Waals surface area contributed by atoms with Crippen LogP contribution in [0, 0.1) is 0 Å². The lowest BCUT2D eigenvalue weighted by atomic mass is 10.2. The minimum Gasteiger partial charge on any atom is -0.454 e. The van der Waals surface area contributed by atoms with Crippen LogP contribution in [0.25, 0.3) is 11.0 Å². The van der Waals surface area contributed by atoms with Crippen LogP contribution in [0.4, 0.5) is 5.82 Å². The average molecular weight is 327 g/mol. The Balaban J connectivity index is 1.40. The average Bonchev–Trinajstić information content (AvgIpc) is 3.20. The van der Waals surface area contributed by atoms with Gasteiger partial charge in [0.05, 0.1) is 5.39 Å². The van der Waals surface area contributed by atoms with Crippen LogP contribution in [0.5, 0.6) is 11.5 Å². The van der Waals surface area contributed by atoms with Crippen molar-refractivity contribution < 1.29 is 14.0 Å². The van der Waals surface area contributed by atoms with Crippen LogP contribution >= 0.6 is 12.2 Å². The summed E-state index contributed by atoms with van der Waals surface area (Å²) in [6, 6.07) is 13.4. The van der Waals surface area contributed by atoms with E-state index in [9.17, 15) is 0 Å². The van der Waals surface area contributed by atoms with Crippen molar-refractivity contribution >= 4 is 34.1 Å². The van der Waals surface area contributed by atoms with Crippen molar-refractivity contribution in [2.24, 2.45) is 0 Å². The predicted octanol–water partition coefficient (Wildman–Crippen LogP) is 3.04. The first kappa shape index (κ1) is 13.8. The lowest BCUT2D eigenvalue weighted by Crippen LogP contribution is -2.28.